The Kier molecular flexibility index (Phi) is 3.06. The standard InChI is InChI=1S/C15H19FN2/c16-13-7-6-12-10-18(15(17)14(12)8-13)9-11-4-2-1-3-5-11/h6-8,11,17H,1-5,9-10H2. The van der Waals surface area contributed by atoms with Gasteiger partial charge >= 0.3 is 0 Å². The first-order valence-corrected chi connectivity index (χ1v) is 6.86. The molecule has 3 heteroatoms. The van der Waals surface area contributed by atoms with E-state index < -0.39 is 0 Å². The topological polar surface area (TPSA) is 27.1 Å². The Morgan fingerprint density at radius 2 is 2.00 bits per heavy atom. The summed E-state index contributed by atoms with van der Waals surface area (Å²) in [6.07, 6.45) is 6.59. The highest BCUT2D eigenvalue weighted by Crippen LogP contribution is 2.29. The van der Waals surface area contributed by atoms with Crippen LogP contribution >= 0.6 is 0 Å². The number of amidine groups is 1. The van der Waals surface area contributed by atoms with Crippen molar-refractivity contribution in [2.75, 3.05) is 6.54 Å². The van der Waals surface area contributed by atoms with Crippen molar-refractivity contribution >= 4 is 5.84 Å². The largest absolute Gasteiger partial charge is 0.352 e. The van der Waals surface area contributed by atoms with Crippen molar-refractivity contribution in [3.63, 3.8) is 0 Å². The lowest BCUT2D eigenvalue weighted by atomic mass is 9.89. The van der Waals surface area contributed by atoms with Crippen molar-refractivity contribution in [3.05, 3.63) is 35.1 Å². The van der Waals surface area contributed by atoms with Gasteiger partial charge < -0.3 is 4.90 Å². The quantitative estimate of drug-likeness (QED) is 0.849. The molecule has 1 saturated carbocycles. The van der Waals surface area contributed by atoms with Crippen LogP contribution in [0.25, 0.3) is 0 Å². The number of hydrogen-bond acceptors (Lipinski definition) is 1. The third-order valence-corrected chi connectivity index (χ3v) is 4.21. The third kappa shape index (κ3) is 2.14. The van der Waals surface area contributed by atoms with Gasteiger partial charge in [0, 0.05) is 18.7 Å². The first kappa shape index (κ1) is 11.7. The Balaban J connectivity index is 1.71. The van der Waals surface area contributed by atoms with E-state index in [1.807, 2.05) is 6.07 Å². The maximum absolute atomic E-state index is 13.2. The van der Waals surface area contributed by atoms with Crippen LogP contribution in [0.1, 0.15) is 43.2 Å². The van der Waals surface area contributed by atoms with E-state index in [-0.39, 0.29) is 5.82 Å². The Hall–Kier alpha value is -1.38. The van der Waals surface area contributed by atoms with Gasteiger partial charge in [-0.1, -0.05) is 25.3 Å². The molecular weight excluding hydrogens is 227 g/mol. The minimum Gasteiger partial charge on any atom is -0.352 e. The average Bonchev–Trinajstić information content (AvgIpc) is 2.68. The number of benzene rings is 1. The molecule has 0 aromatic heterocycles. The van der Waals surface area contributed by atoms with Gasteiger partial charge in [-0.3, -0.25) is 5.41 Å². The molecule has 1 fully saturated rings. The van der Waals surface area contributed by atoms with Crippen LogP contribution in [0.5, 0.6) is 0 Å². The fourth-order valence-electron chi connectivity index (χ4n) is 3.20. The Labute approximate surface area is 107 Å². The summed E-state index contributed by atoms with van der Waals surface area (Å²) in [4.78, 5) is 2.11. The SMILES string of the molecule is N=C1c2cc(F)ccc2CN1CC1CCCCC1. The van der Waals surface area contributed by atoms with Crippen LogP contribution in [0.2, 0.25) is 0 Å². The van der Waals surface area contributed by atoms with Gasteiger partial charge in [-0.05, 0) is 36.5 Å². The zero-order valence-corrected chi connectivity index (χ0v) is 10.6. The summed E-state index contributed by atoms with van der Waals surface area (Å²) >= 11 is 0. The summed E-state index contributed by atoms with van der Waals surface area (Å²) < 4.78 is 13.2. The highest BCUT2D eigenvalue weighted by Gasteiger charge is 2.27. The van der Waals surface area contributed by atoms with Gasteiger partial charge in [0.05, 0.1) is 0 Å². The maximum atomic E-state index is 13.2. The lowest BCUT2D eigenvalue weighted by Gasteiger charge is -2.27. The number of hydrogen-bond donors (Lipinski definition) is 1. The molecule has 0 saturated heterocycles. The van der Waals surface area contributed by atoms with E-state index in [0.717, 1.165) is 30.1 Å². The van der Waals surface area contributed by atoms with Gasteiger partial charge in [-0.2, -0.15) is 0 Å². The molecule has 0 atom stereocenters. The Morgan fingerprint density at radius 1 is 1.22 bits per heavy atom. The minimum atomic E-state index is -0.238. The maximum Gasteiger partial charge on any atom is 0.128 e. The second kappa shape index (κ2) is 4.71. The van der Waals surface area contributed by atoms with E-state index in [2.05, 4.69) is 4.90 Å². The molecule has 18 heavy (non-hydrogen) atoms. The summed E-state index contributed by atoms with van der Waals surface area (Å²) in [5.41, 5.74) is 1.88. The molecule has 1 aromatic carbocycles. The highest BCUT2D eigenvalue weighted by atomic mass is 19.1. The predicted octanol–water partition coefficient (Wildman–Crippen LogP) is 3.55. The molecule has 1 heterocycles. The first-order valence-electron chi connectivity index (χ1n) is 6.86. The average molecular weight is 246 g/mol. The number of nitrogens with zero attached hydrogens (tertiary/aromatic N) is 1. The summed E-state index contributed by atoms with van der Waals surface area (Å²) in [6, 6.07) is 4.81. The normalized spacial score (nSPS) is 20.3. The van der Waals surface area contributed by atoms with Gasteiger partial charge in [0.2, 0.25) is 0 Å². The number of rotatable bonds is 2. The van der Waals surface area contributed by atoms with Crippen LogP contribution in [0, 0.1) is 17.1 Å². The van der Waals surface area contributed by atoms with E-state index >= 15 is 0 Å². The molecule has 0 radical (unpaired) electrons. The molecule has 96 valence electrons. The molecular formula is C15H19FN2. The van der Waals surface area contributed by atoms with Gasteiger partial charge in [-0.25, -0.2) is 4.39 Å². The van der Waals surface area contributed by atoms with E-state index in [9.17, 15) is 4.39 Å². The molecule has 0 bridgehead atoms. The van der Waals surface area contributed by atoms with E-state index in [4.69, 9.17) is 5.41 Å². The molecule has 1 aromatic rings. The molecule has 1 aliphatic carbocycles. The zero-order valence-electron chi connectivity index (χ0n) is 10.6. The van der Waals surface area contributed by atoms with Crippen LogP contribution in [0.3, 0.4) is 0 Å². The van der Waals surface area contributed by atoms with Crippen LogP contribution in [-0.4, -0.2) is 17.3 Å². The van der Waals surface area contributed by atoms with Crippen LogP contribution in [-0.2, 0) is 6.54 Å². The monoisotopic (exact) mass is 246 g/mol. The summed E-state index contributed by atoms with van der Waals surface area (Å²) in [5, 5.41) is 8.16. The van der Waals surface area contributed by atoms with Crippen molar-refractivity contribution in [1.82, 2.24) is 4.90 Å². The second-order valence-corrected chi connectivity index (χ2v) is 5.53. The highest BCUT2D eigenvalue weighted by molar-refractivity contribution is 6.00. The Morgan fingerprint density at radius 3 is 2.78 bits per heavy atom. The molecule has 2 aliphatic rings. The van der Waals surface area contributed by atoms with Gasteiger partial charge in [0.25, 0.3) is 0 Å². The summed E-state index contributed by atoms with van der Waals surface area (Å²) in [6.45, 7) is 1.75. The van der Waals surface area contributed by atoms with Crippen LogP contribution < -0.4 is 0 Å². The number of halogens is 1. The molecule has 3 rings (SSSR count). The third-order valence-electron chi connectivity index (χ3n) is 4.21. The van der Waals surface area contributed by atoms with Gasteiger partial charge in [0.15, 0.2) is 0 Å². The summed E-state index contributed by atoms with van der Waals surface area (Å²) in [5.74, 6) is 0.992. The van der Waals surface area contributed by atoms with Crippen molar-refractivity contribution in [3.8, 4) is 0 Å². The predicted molar refractivity (Wildman–Crippen MR) is 70.2 cm³/mol. The second-order valence-electron chi connectivity index (χ2n) is 5.53. The Bertz CT molecular complexity index is 464. The lowest BCUT2D eigenvalue weighted by molar-refractivity contribution is 0.274. The molecule has 0 amide bonds. The smallest absolute Gasteiger partial charge is 0.128 e. The van der Waals surface area contributed by atoms with Crippen LogP contribution in [0.4, 0.5) is 4.39 Å². The molecule has 0 unspecified atom stereocenters. The molecule has 0 spiro atoms. The van der Waals surface area contributed by atoms with E-state index in [1.54, 1.807) is 0 Å². The minimum absolute atomic E-state index is 0.238. The van der Waals surface area contributed by atoms with Gasteiger partial charge in [-0.15, -0.1) is 0 Å². The fraction of sp³-hybridized carbons (Fsp3) is 0.533. The van der Waals surface area contributed by atoms with Gasteiger partial charge in [0.1, 0.15) is 11.7 Å². The van der Waals surface area contributed by atoms with E-state index in [1.165, 1.54) is 44.2 Å². The number of fused-ring (bicyclic) bond motifs is 1. The zero-order chi connectivity index (χ0) is 12.5. The summed E-state index contributed by atoms with van der Waals surface area (Å²) in [7, 11) is 0. The number of nitrogens with one attached hydrogen (secondary N) is 1. The van der Waals surface area contributed by atoms with Crippen molar-refractivity contribution < 1.29 is 4.39 Å². The van der Waals surface area contributed by atoms with Crippen LogP contribution in [0.15, 0.2) is 18.2 Å². The first-order chi connectivity index (χ1) is 8.74. The fourth-order valence-corrected chi connectivity index (χ4v) is 3.20. The van der Waals surface area contributed by atoms with Crippen molar-refractivity contribution in [1.29, 1.82) is 5.41 Å². The van der Waals surface area contributed by atoms with E-state index in [0.29, 0.717) is 5.84 Å². The molecule has 1 N–H and O–H groups in total. The molecule has 2 nitrogen and oxygen atoms in total. The lowest BCUT2D eigenvalue weighted by Crippen LogP contribution is -2.30. The molecule has 1 aliphatic heterocycles. The van der Waals surface area contributed by atoms with Crippen molar-refractivity contribution in [2.45, 2.75) is 38.6 Å². The van der Waals surface area contributed by atoms with Crippen molar-refractivity contribution in [2.24, 2.45) is 5.92 Å².